The molecule has 7 heteroatoms. The molecule has 2 N–H and O–H groups in total. The average molecular weight is 239 g/mol. The molecule has 0 fully saturated rings. The van der Waals surface area contributed by atoms with Crippen molar-refractivity contribution in [2.45, 2.75) is 26.4 Å². The minimum absolute atomic E-state index is 0.102. The van der Waals surface area contributed by atoms with Gasteiger partial charge in [-0.1, -0.05) is 0 Å². The molecule has 0 saturated carbocycles. The molecular weight excluding hydrogens is 227 g/mol. The maximum absolute atomic E-state index is 11.7. The van der Waals surface area contributed by atoms with Crippen molar-refractivity contribution in [2.75, 3.05) is 6.54 Å². The molecule has 16 heavy (non-hydrogen) atoms. The van der Waals surface area contributed by atoms with Gasteiger partial charge in [0.2, 0.25) is 5.91 Å². The van der Waals surface area contributed by atoms with E-state index in [4.69, 9.17) is 5.11 Å². The molecule has 0 rings (SSSR count). The van der Waals surface area contributed by atoms with Gasteiger partial charge in [-0.05, 0) is 13.8 Å². The molecule has 0 atom stereocenters. The van der Waals surface area contributed by atoms with Gasteiger partial charge in [0.05, 0.1) is 6.42 Å². The van der Waals surface area contributed by atoms with E-state index in [1.807, 2.05) is 5.32 Å². The molecule has 0 heterocycles. The molecule has 0 aromatic carbocycles. The highest BCUT2D eigenvalue weighted by Gasteiger charge is 2.26. The number of carbonyl (C=O) groups is 2. The van der Waals surface area contributed by atoms with Crippen LogP contribution < -0.4 is 5.32 Å². The minimum atomic E-state index is -4.34. The van der Waals surface area contributed by atoms with Gasteiger partial charge in [0.15, 0.2) is 0 Å². The topological polar surface area (TPSA) is 66.4 Å². The quantitative estimate of drug-likeness (QED) is 0.730. The molecule has 0 saturated heterocycles. The van der Waals surface area contributed by atoms with Crippen molar-refractivity contribution in [1.82, 2.24) is 5.32 Å². The Morgan fingerprint density at radius 3 is 2.06 bits per heavy atom. The summed E-state index contributed by atoms with van der Waals surface area (Å²) in [6, 6.07) is 0. The highest BCUT2D eigenvalue weighted by atomic mass is 19.4. The number of aliphatic carboxylic acids is 1. The summed E-state index contributed by atoms with van der Waals surface area (Å²) in [7, 11) is 0. The number of carboxylic acids is 1. The van der Waals surface area contributed by atoms with E-state index < -0.39 is 31.0 Å². The maximum atomic E-state index is 11.7. The van der Waals surface area contributed by atoms with E-state index in [2.05, 4.69) is 0 Å². The van der Waals surface area contributed by atoms with E-state index in [-0.39, 0.29) is 11.1 Å². The standard InChI is InChI=1S/C9H12F3NO3/c1-5(6(2)8(15)16)7(14)13-4-3-9(10,11)12/h3-4H2,1-2H3,(H,13,14)(H,15,16). The van der Waals surface area contributed by atoms with Crippen LogP contribution in [0.25, 0.3) is 0 Å². The molecule has 0 bridgehead atoms. The molecule has 0 aliphatic carbocycles. The number of hydrogen-bond donors (Lipinski definition) is 2. The number of rotatable bonds is 4. The lowest BCUT2D eigenvalue weighted by molar-refractivity contribution is -0.136. The van der Waals surface area contributed by atoms with Crippen LogP contribution in [-0.2, 0) is 9.59 Å². The zero-order valence-corrected chi connectivity index (χ0v) is 8.81. The molecule has 0 spiro atoms. The van der Waals surface area contributed by atoms with Crippen molar-refractivity contribution in [1.29, 1.82) is 0 Å². The second-order valence-corrected chi connectivity index (χ2v) is 3.18. The molecule has 0 radical (unpaired) electrons. The Bertz CT molecular complexity index is 320. The van der Waals surface area contributed by atoms with Gasteiger partial charge in [-0.3, -0.25) is 4.79 Å². The summed E-state index contributed by atoms with van der Waals surface area (Å²) in [4.78, 5) is 21.6. The van der Waals surface area contributed by atoms with Crippen LogP contribution in [0.1, 0.15) is 20.3 Å². The van der Waals surface area contributed by atoms with Gasteiger partial charge in [-0.2, -0.15) is 13.2 Å². The molecule has 4 nitrogen and oxygen atoms in total. The lowest BCUT2D eigenvalue weighted by Crippen LogP contribution is -2.29. The van der Waals surface area contributed by atoms with Gasteiger partial charge in [0.25, 0.3) is 0 Å². The second kappa shape index (κ2) is 5.53. The third-order valence-corrected chi connectivity index (χ3v) is 1.92. The Hall–Kier alpha value is -1.53. The van der Waals surface area contributed by atoms with Crippen LogP contribution >= 0.6 is 0 Å². The number of nitrogens with one attached hydrogen (secondary N) is 1. The fourth-order valence-electron chi connectivity index (χ4n) is 0.781. The molecule has 0 aromatic rings. The van der Waals surface area contributed by atoms with Crippen molar-refractivity contribution >= 4 is 11.9 Å². The highest BCUT2D eigenvalue weighted by Crippen LogP contribution is 2.18. The predicted octanol–water partition coefficient (Wildman–Crippen LogP) is 1.48. The molecule has 0 aliphatic heterocycles. The Balaban J connectivity index is 4.29. The zero-order chi connectivity index (χ0) is 12.9. The summed E-state index contributed by atoms with van der Waals surface area (Å²) in [6.45, 7) is 1.89. The third kappa shape index (κ3) is 5.38. The smallest absolute Gasteiger partial charge is 0.390 e. The fourth-order valence-corrected chi connectivity index (χ4v) is 0.781. The number of amides is 1. The summed E-state index contributed by atoms with van der Waals surface area (Å²) < 4.78 is 35.2. The van der Waals surface area contributed by atoms with E-state index in [1.165, 1.54) is 13.8 Å². The Morgan fingerprint density at radius 2 is 1.69 bits per heavy atom. The predicted molar refractivity (Wildman–Crippen MR) is 49.7 cm³/mol. The van der Waals surface area contributed by atoms with Gasteiger partial charge in [-0.25, -0.2) is 4.79 Å². The molecule has 92 valence electrons. The zero-order valence-electron chi connectivity index (χ0n) is 8.81. The number of carbonyl (C=O) groups excluding carboxylic acids is 1. The largest absolute Gasteiger partial charge is 0.478 e. The van der Waals surface area contributed by atoms with Crippen molar-refractivity contribution < 1.29 is 27.9 Å². The van der Waals surface area contributed by atoms with E-state index in [0.717, 1.165) is 0 Å². The first-order valence-corrected chi connectivity index (χ1v) is 4.41. The molecule has 0 unspecified atom stereocenters. The van der Waals surface area contributed by atoms with Crippen molar-refractivity contribution in [3.05, 3.63) is 11.1 Å². The third-order valence-electron chi connectivity index (χ3n) is 1.92. The van der Waals surface area contributed by atoms with Gasteiger partial charge in [-0.15, -0.1) is 0 Å². The Morgan fingerprint density at radius 1 is 1.19 bits per heavy atom. The summed E-state index contributed by atoms with van der Waals surface area (Å²) >= 11 is 0. The number of hydrogen-bond acceptors (Lipinski definition) is 2. The minimum Gasteiger partial charge on any atom is -0.478 e. The lowest BCUT2D eigenvalue weighted by Gasteiger charge is -2.08. The van der Waals surface area contributed by atoms with E-state index in [0.29, 0.717) is 0 Å². The van der Waals surface area contributed by atoms with Crippen LogP contribution in [0.5, 0.6) is 0 Å². The van der Waals surface area contributed by atoms with Crippen LogP contribution in [0.3, 0.4) is 0 Å². The normalized spacial score (nSPS) is 13.1. The van der Waals surface area contributed by atoms with Crippen molar-refractivity contribution in [2.24, 2.45) is 0 Å². The summed E-state index contributed by atoms with van der Waals surface area (Å²) in [5, 5.41) is 10.5. The molecule has 1 amide bonds. The van der Waals surface area contributed by atoms with Gasteiger partial charge >= 0.3 is 12.1 Å². The van der Waals surface area contributed by atoms with Gasteiger partial charge < -0.3 is 10.4 Å². The van der Waals surface area contributed by atoms with E-state index in [9.17, 15) is 22.8 Å². The van der Waals surface area contributed by atoms with Crippen LogP contribution in [0, 0.1) is 0 Å². The van der Waals surface area contributed by atoms with Crippen LogP contribution in [0.2, 0.25) is 0 Å². The first-order valence-electron chi connectivity index (χ1n) is 4.41. The van der Waals surface area contributed by atoms with Gasteiger partial charge in [0, 0.05) is 17.7 Å². The number of alkyl halides is 3. The monoisotopic (exact) mass is 239 g/mol. The van der Waals surface area contributed by atoms with Crippen LogP contribution in [0.4, 0.5) is 13.2 Å². The van der Waals surface area contributed by atoms with E-state index >= 15 is 0 Å². The second-order valence-electron chi connectivity index (χ2n) is 3.18. The van der Waals surface area contributed by atoms with Crippen molar-refractivity contribution in [3.63, 3.8) is 0 Å². The highest BCUT2D eigenvalue weighted by molar-refractivity contribution is 6.01. The lowest BCUT2D eigenvalue weighted by atomic mass is 10.1. The number of carboxylic acid groups (broad SMARTS) is 1. The SMILES string of the molecule is CC(C(=O)O)=C(C)C(=O)NCCC(F)(F)F. The van der Waals surface area contributed by atoms with Crippen LogP contribution in [0.15, 0.2) is 11.1 Å². The Labute approximate surface area is 90.1 Å². The first kappa shape index (κ1) is 14.5. The molecule has 0 aliphatic rings. The van der Waals surface area contributed by atoms with Gasteiger partial charge in [0.1, 0.15) is 0 Å². The average Bonchev–Trinajstić information content (AvgIpc) is 2.13. The fraction of sp³-hybridized carbons (Fsp3) is 0.556. The summed E-state index contributed by atoms with van der Waals surface area (Å²) in [6.07, 6.45) is -5.48. The molecule has 0 aromatic heterocycles. The first-order chi connectivity index (χ1) is 7.15. The number of halogens is 3. The molecular formula is C9H12F3NO3. The van der Waals surface area contributed by atoms with Crippen LogP contribution in [-0.4, -0.2) is 29.7 Å². The maximum Gasteiger partial charge on any atom is 0.390 e. The van der Waals surface area contributed by atoms with Crippen molar-refractivity contribution in [3.8, 4) is 0 Å². The Kier molecular flexibility index (Phi) is 5.00. The summed E-state index contributed by atoms with van der Waals surface area (Å²) in [5.74, 6) is -2.08. The van der Waals surface area contributed by atoms with E-state index in [1.54, 1.807) is 0 Å². The summed E-state index contributed by atoms with van der Waals surface area (Å²) in [5.41, 5.74) is -0.292.